The number of carboxylic acid groups (broad SMARTS) is 1. The second-order valence-corrected chi connectivity index (χ2v) is 11.6. The van der Waals surface area contributed by atoms with Crippen LogP contribution in [0.25, 0.3) is 0 Å². The van der Waals surface area contributed by atoms with Gasteiger partial charge < -0.3 is 20.5 Å². The molecule has 39 heavy (non-hydrogen) atoms. The van der Waals surface area contributed by atoms with E-state index in [1.54, 1.807) is 16.7 Å². The average Bonchev–Trinajstić information content (AvgIpc) is 2.93. The standard InChI is InChI=1S/C29H39N3O5S2/c1-38-21-32(18-28(34)35)17-27(33)31-26(20-39-19-23-8-4-2-5-9-23)29(36)30-16-22-12-14-25(15-13-22)37-24-10-6-3-7-11-24/h3,6-7,10-15,23,26H,2,4-5,8-9,16-21H2,1H3,(H,30,36)(H,31,33)(H,34,35)/t26-/m0/s1. The molecule has 0 heterocycles. The number of carbonyl (C=O) groups excluding carboxylic acids is 2. The van der Waals surface area contributed by atoms with Crippen LogP contribution in [-0.2, 0) is 20.9 Å². The van der Waals surface area contributed by atoms with Gasteiger partial charge in [-0.3, -0.25) is 19.3 Å². The highest BCUT2D eigenvalue weighted by Gasteiger charge is 2.23. The lowest BCUT2D eigenvalue weighted by Gasteiger charge is -2.24. The Morgan fingerprint density at radius 1 is 1.00 bits per heavy atom. The summed E-state index contributed by atoms with van der Waals surface area (Å²) in [6.45, 7) is 0.0142. The third kappa shape index (κ3) is 11.9. The quantitative estimate of drug-likeness (QED) is 0.250. The molecule has 1 aliphatic carbocycles. The molecule has 2 aromatic rings. The molecule has 0 aliphatic heterocycles. The number of thioether (sulfide) groups is 2. The van der Waals surface area contributed by atoms with Gasteiger partial charge in [-0.25, -0.2) is 0 Å². The highest BCUT2D eigenvalue weighted by atomic mass is 32.2. The Balaban J connectivity index is 1.55. The molecule has 1 fully saturated rings. The van der Waals surface area contributed by atoms with Crippen LogP contribution in [0.1, 0.15) is 37.7 Å². The van der Waals surface area contributed by atoms with Crippen LogP contribution in [0, 0.1) is 5.92 Å². The largest absolute Gasteiger partial charge is 0.480 e. The number of amides is 2. The highest BCUT2D eigenvalue weighted by molar-refractivity contribution is 7.99. The molecular formula is C29H39N3O5S2. The van der Waals surface area contributed by atoms with Crippen molar-refractivity contribution in [2.45, 2.75) is 44.7 Å². The topological polar surface area (TPSA) is 108 Å². The molecule has 2 aromatic carbocycles. The van der Waals surface area contributed by atoms with Crippen molar-refractivity contribution in [3.8, 4) is 11.5 Å². The Labute approximate surface area is 239 Å². The molecular weight excluding hydrogens is 534 g/mol. The number of hydrogen-bond donors (Lipinski definition) is 3. The Morgan fingerprint density at radius 3 is 2.36 bits per heavy atom. The number of para-hydroxylation sites is 1. The van der Waals surface area contributed by atoms with Crippen molar-refractivity contribution in [3.05, 3.63) is 60.2 Å². The summed E-state index contributed by atoms with van der Waals surface area (Å²) in [6, 6.07) is 16.3. The fourth-order valence-corrected chi connectivity index (χ4v) is 6.29. The molecule has 2 amide bonds. The van der Waals surface area contributed by atoms with Crippen LogP contribution in [0.15, 0.2) is 54.6 Å². The normalized spacial score (nSPS) is 14.5. The molecule has 0 aromatic heterocycles. The molecule has 8 nitrogen and oxygen atoms in total. The first kappa shape index (κ1) is 30.8. The van der Waals surface area contributed by atoms with Crippen LogP contribution in [0.2, 0.25) is 0 Å². The van der Waals surface area contributed by atoms with E-state index in [0.717, 1.165) is 17.1 Å². The molecule has 3 N–H and O–H groups in total. The first-order valence-electron chi connectivity index (χ1n) is 13.3. The zero-order valence-corrected chi connectivity index (χ0v) is 24.1. The van der Waals surface area contributed by atoms with E-state index < -0.39 is 12.0 Å². The molecule has 10 heteroatoms. The van der Waals surface area contributed by atoms with E-state index in [0.29, 0.717) is 29.8 Å². The van der Waals surface area contributed by atoms with Gasteiger partial charge in [-0.05, 0) is 60.6 Å². The van der Waals surface area contributed by atoms with Gasteiger partial charge in [0.2, 0.25) is 11.8 Å². The third-order valence-electron chi connectivity index (χ3n) is 6.42. The van der Waals surface area contributed by atoms with E-state index >= 15 is 0 Å². The monoisotopic (exact) mass is 573 g/mol. The maximum absolute atomic E-state index is 13.2. The fraction of sp³-hybridized carbons (Fsp3) is 0.483. The van der Waals surface area contributed by atoms with E-state index in [-0.39, 0.29) is 24.9 Å². The first-order chi connectivity index (χ1) is 18.9. The van der Waals surface area contributed by atoms with Crippen molar-refractivity contribution in [1.29, 1.82) is 0 Å². The fourth-order valence-electron chi connectivity index (χ4n) is 4.47. The Bertz CT molecular complexity index is 1030. The summed E-state index contributed by atoms with van der Waals surface area (Å²) in [6.07, 6.45) is 8.11. The highest BCUT2D eigenvalue weighted by Crippen LogP contribution is 2.27. The Morgan fingerprint density at radius 2 is 1.69 bits per heavy atom. The predicted octanol–water partition coefficient (Wildman–Crippen LogP) is 4.60. The average molecular weight is 574 g/mol. The summed E-state index contributed by atoms with van der Waals surface area (Å²) in [5.74, 6) is 2.38. The van der Waals surface area contributed by atoms with Crippen LogP contribution in [0.4, 0.5) is 0 Å². The smallest absolute Gasteiger partial charge is 0.317 e. The van der Waals surface area contributed by atoms with Gasteiger partial charge in [0.15, 0.2) is 0 Å². The van der Waals surface area contributed by atoms with Crippen molar-refractivity contribution in [1.82, 2.24) is 15.5 Å². The van der Waals surface area contributed by atoms with Gasteiger partial charge in [0.05, 0.1) is 13.1 Å². The van der Waals surface area contributed by atoms with Gasteiger partial charge in [-0.1, -0.05) is 49.6 Å². The molecule has 1 saturated carbocycles. The maximum Gasteiger partial charge on any atom is 0.317 e. The summed E-state index contributed by atoms with van der Waals surface area (Å²) in [4.78, 5) is 38.7. The molecule has 0 saturated heterocycles. The summed E-state index contributed by atoms with van der Waals surface area (Å²) in [5.41, 5.74) is 0.913. The number of rotatable bonds is 16. The van der Waals surface area contributed by atoms with Gasteiger partial charge in [-0.15, -0.1) is 11.8 Å². The number of hydrogen-bond acceptors (Lipinski definition) is 7. The number of benzene rings is 2. The lowest BCUT2D eigenvalue weighted by Crippen LogP contribution is -2.51. The van der Waals surface area contributed by atoms with Crippen LogP contribution in [-0.4, -0.2) is 70.6 Å². The predicted molar refractivity (Wildman–Crippen MR) is 158 cm³/mol. The van der Waals surface area contributed by atoms with Crippen LogP contribution in [0.3, 0.4) is 0 Å². The zero-order valence-electron chi connectivity index (χ0n) is 22.5. The maximum atomic E-state index is 13.2. The van der Waals surface area contributed by atoms with Crippen LogP contribution >= 0.6 is 23.5 Å². The van der Waals surface area contributed by atoms with Gasteiger partial charge in [0.25, 0.3) is 0 Å². The van der Waals surface area contributed by atoms with Gasteiger partial charge in [0.1, 0.15) is 17.5 Å². The lowest BCUT2D eigenvalue weighted by molar-refractivity contribution is -0.138. The first-order valence-corrected chi connectivity index (χ1v) is 15.9. The summed E-state index contributed by atoms with van der Waals surface area (Å²) < 4.78 is 5.83. The molecule has 0 radical (unpaired) electrons. The van der Waals surface area contributed by atoms with Crippen molar-refractivity contribution < 1.29 is 24.2 Å². The van der Waals surface area contributed by atoms with Crippen molar-refractivity contribution >= 4 is 41.3 Å². The number of carbonyl (C=O) groups is 3. The second-order valence-electron chi connectivity index (χ2n) is 9.74. The SMILES string of the molecule is CSCN(CC(=O)O)CC(=O)N[C@@H](CSCC1CCCCC1)C(=O)NCc1ccc(Oc2ccccc2)cc1. The minimum atomic E-state index is -0.991. The zero-order chi connectivity index (χ0) is 27.9. The number of aliphatic carboxylic acids is 1. The molecule has 3 rings (SSSR count). The van der Waals surface area contributed by atoms with E-state index in [9.17, 15) is 14.4 Å². The lowest BCUT2D eigenvalue weighted by atomic mass is 9.91. The van der Waals surface area contributed by atoms with Crippen molar-refractivity contribution in [3.63, 3.8) is 0 Å². The van der Waals surface area contributed by atoms with E-state index in [1.807, 2.05) is 60.9 Å². The number of nitrogens with zero attached hydrogens (tertiary/aromatic N) is 1. The van der Waals surface area contributed by atoms with E-state index in [4.69, 9.17) is 9.84 Å². The Kier molecular flexibility index (Phi) is 13.5. The summed E-state index contributed by atoms with van der Waals surface area (Å²) in [5, 5.41) is 15.0. The van der Waals surface area contributed by atoms with E-state index in [1.165, 1.54) is 43.9 Å². The number of ether oxygens (including phenoxy) is 1. The van der Waals surface area contributed by atoms with Crippen molar-refractivity contribution in [2.75, 3.05) is 36.7 Å². The molecule has 0 bridgehead atoms. The van der Waals surface area contributed by atoms with Crippen LogP contribution in [0.5, 0.6) is 11.5 Å². The minimum absolute atomic E-state index is 0.0763. The number of nitrogens with one attached hydrogen (secondary N) is 2. The van der Waals surface area contributed by atoms with Crippen LogP contribution < -0.4 is 15.4 Å². The molecule has 0 unspecified atom stereocenters. The summed E-state index contributed by atoms with van der Waals surface area (Å²) >= 11 is 3.14. The number of carboxylic acids is 1. The van der Waals surface area contributed by atoms with Crippen molar-refractivity contribution in [2.24, 2.45) is 5.92 Å². The van der Waals surface area contributed by atoms with Gasteiger partial charge >= 0.3 is 5.97 Å². The van der Waals surface area contributed by atoms with Gasteiger partial charge in [0, 0.05) is 18.2 Å². The van der Waals surface area contributed by atoms with Gasteiger partial charge in [-0.2, -0.15) is 11.8 Å². The Hall–Kier alpha value is -2.69. The molecule has 1 aliphatic rings. The minimum Gasteiger partial charge on any atom is -0.480 e. The second kappa shape index (κ2) is 17.1. The summed E-state index contributed by atoms with van der Waals surface area (Å²) in [7, 11) is 0. The van der Waals surface area contributed by atoms with E-state index in [2.05, 4.69) is 10.6 Å². The molecule has 1 atom stereocenters. The molecule has 0 spiro atoms. The third-order valence-corrected chi connectivity index (χ3v) is 8.32. The molecule has 212 valence electrons.